The Labute approximate surface area is 223 Å². The van der Waals surface area contributed by atoms with Crippen molar-refractivity contribution in [3.8, 4) is 0 Å². The number of piperidine rings is 1. The summed E-state index contributed by atoms with van der Waals surface area (Å²) >= 11 is 12.4. The second kappa shape index (κ2) is 9.95. The number of fused-ring (bicyclic) bond motifs is 1. The molecule has 1 amide bonds. The second-order valence-electron chi connectivity index (χ2n) is 9.25. The van der Waals surface area contributed by atoms with Gasteiger partial charge in [-0.2, -0.15) is 10.3 Å². The van der Waals surface area contributed by atoms with Gasteiger partial charge < -0.3 is 4.90 Å². The van der Waals surface area contributed by atoms with E-state index in [0.717, 1.165) is 46.1 Å². The molecule has 37 heavy (non-hydrogen) atoms. The van der Waals surface area contributed by atoms with Crippen LogP contribution in [-0.2, 0) is 0 Å². The van der Waals surface area contributed by atoms with E-state index in [9.17, 15) is 4.79 Å². The zero-order valence-electron chi connectivity index (χ0n) is 19.7. The van der Waals surface area contributed by atoms with Gasteiger partial charge >= 0.3 is 0 Å². The largest absolute Gasteiger partial charge is 0.336 e. The summed E-state index contributed by atoms with van der Waals surface area (Å²) in [6.45, 7) is 1.24. The summed E-state index contributed by atoms with van der Waals surface area (Å²) in [4.78, 5) is 14.4. The van der Waals surface area contributed by atoms with Crippen LogP contribution in [0.25, 0.3) is 10.9 Å². The molecule has 0 atom stereocenters. The van der Waals surface area contributed by atoms with Gasteiger partial charge in [0.25, 0.3) is 11.7 Å². The zero-order chi connectivity index (χ0) is 25.4. The molecule has 3 heterocycles. The lowest BCUT2D eigenvalue weighted by Gasteiger charge is -2.30. The minimum absolute atomic E-state index is 0.0103. The van der Waals surface area contributed by atoms with E-state index >= 15 is 0 Å². The fourth-order valence-corrected chi connectivity index (χ4v) is 5.44. The number of H-pyrrole nitrogens is 2. The Morgan fingerprint density at radius 3 is 2.08 bits per heavy atom. The van der Waals surface area contributed by atoms with Crippen LogP contribution in [0.4, 0.5) is 0 Å². The molecule has 0 unspecified atom stereocenters. The van der Waals surface area contributed by atoms with Gasteiger partial charge in [0.15, 0.2) is 0 Å². The van der Waals surface area contributed by atoms with Crippen LogP contribution in [0.3, 0.4) is 0 Å². The highest BCUT2D eigenvalue weighted by Crippen LogP contribution is 2.37. The van der Waals surface area contributed by atoms with E-state index in [2.05, 4.69) is 73.3 Å². The van der Waals surface area contributed by atoms with Crippen molar-refractivity contribution < 1.29 is 4.79 Å². The monoisotopic (exact) mass is 531 g/mol. The van der Waals surface area contributed by atoms with Gasteiger partial charge in [-0.3, -0.25) is 9.89 Å². The van der Waals surface area contributed by atoms with E-state index in [-0.39, 0.29) is 23.6 Å². The number of carbonyl (C=O) groups is 1. The smallest absolute Gasteiger partial charge is 0.295 e. The molecule has 1 fully saturated rings. The van der Waals surface area contributed by atoms with Crippen molar-refractivity contribution >= 4 is 40.0 Å². The van der Waals surface area contributed by atoms with Crippen LogP contribution < -0.4 is 0 Å². The summed E-state index contributed by atoms with van der Waals surface area (Å²) in [7, 11) is 0. The van der Waals surface area contributed by atoms with Gasteiger partial charge in [0.1, 0.15) is 0 Å². The Bertz CT molecular complexity index is 1480. The molecule has 1 aliphatic rings. The van der Waals surface area contributed by atoms with Gasteiger partial charge in [-0.25, -0.2) is 0 Å². The van der Waals surface area contributed by atoms with Crippen molar-refractivity contribution in [2.45, 2.75) is 24.7 Å². The first-order valence-corrected chi connectivity index (χ1v) is 12.8. The van der Waals surface area contributed by atoms with Crippen molar-refractivity contribution in [2.75, 3.05) is 13.1 Å². The van der Waals surface area contributed by atoms with Gasteiger partial charge in [0, 0.05) is 46.1 Å². The number of tetrazole rings is 1. The highest BCUT2D eigenvalue weighted by Gasteiger charge is 2.29. The van der Waals surface area contributed by atoms with Crippen molar-refractivity contribution in [1.29, 1.82) is 0 Å². The maximum atomic E-state index is 12.6. The number of aromatic nitrogens is 6. The maximum Gasteiger partial charge on any atom is 0.295 e. The first-order valence-electron chi connectivity index (χ1n) is 12.1. The Morgan fingerprint density at radius 1 is 0.865 bits per heavy atom. The average Bonchev–Trinajstić information content (AvgIpc) is 3.61. The predicted octanol–water partition coefficient (Wildman–Crippen LogP) is 5.58. The van der Waals surface area contributed by atoms with Crippen molar-refractivity contribution in [3.05, 3.63) is 105 Å². The molecule has 6 rings (SSSR count). The number of aromatic amines is 2. The third-order valence-electron chi connectivity index (χ3n) is 7.07. The van der Waals surface area contributed by atoms with Gasteiger partial charge in [-0.05, 0) is 71.1 Å². The topological polar surface area (TPSA) is 103 Å². The number of rotatable bonds is 5. The van der Waals surface area contributed by atoms with E-state index in [4.69, 9.17) is 23.2 Å². The van der Waals surface area contributed by atoms with E-state index < -0.39 is 0 Å². The molecule has 2 N–H and O–H groups in total. The molecule has 2 aromatic heterocycles. The number of hydrogen-bond acceptors (Lipinski definition) is 5. The van der Waals surface area contributed by atoms with Crippen LogP contribution in [0.15, 0.2) is 66.7 Å². The van der Waals surface area contributed by atoms with E-state index in [0.29, 0.717) is 23.1 Å². The Morgan fingerprint density at radius 2 is 1.49 bits per heavy atom. The molecule has 8 nitrogen and oxygen atoms in total. The van der Waals surface area contributed by atoms with E-state index in [1.54, 1.807) is 4.90 Å². The van der Waals surface area contributed by atoms with Crippen LogP contribution in [0.1, 0.15) is 57.7 Å². The van der Waals surface area contributed by atoms with Crippen LogP contribution in [0.5, 0.6) is 0 Å². The summed E-state index contributed by atoms with van der Waals surface area (Å²) in [6.07, 6.45) is 1.64. The number of nitrogens with zero attached hydrogens (tertiary/aromatic N) is 5. The summed E-state index contributed by atoms with van der Waals surface area (Å²) in [5.41, 5.74) is 5.47. The second-order valence-corrected chi connectivity index (χ2v) is 10.1. The third-order valence-corrected chi connectivity index (χ3v) is 7.58. The van der Waals surface area contributed by atoms with E-state index in [1.165, 1.54) is 0 Å². The molecule has 0 radical (unpaired) electrons. The fraction of sp³-hybridized carbons (Fsp3) is 0.222. The maximum absolute atomic E-state index is 12.6. The lowest BCUT2D eigenvalue weighted by molar-refractivity contribution is 0.0700. The molecule has 0 bridgehead atoms. The minimum Gasteiger partial charge on any atom is -0.336 e. The molecule has 5 aromatic rings. The van der Waals surface area contributed by atoms with Crippen molar-refractivity contribution in [3.63, 3.8) is 0 Å². The van der Waals surface area contributed by atoms with Gasteiger partial charge in [0.2, 0.25) is 0 Å². The lowest BCUT2D eigenvalue weighted by Crippen LogP contribution is -2.38. The number of amides is 1. The predicted molar refractivity (Wildman–Crippen MR) is 142 cm³/mol. The molecule has 1 aliphatic heterocycles. The molecule has 0 spiro atoms. The normalized spacial score (nSPS) is 14.5. The first kappa shape index (κ1) is 23.6. The molecule has 3 aromatic carbocycles. The summed E-state index contributed by atoms with van der Waals surface area (Å²) in [5.74, 6) is 0.179. The van der Waals surface area contributed by atoms with Crippen molar-refractivity contribution in [2.24, 2.45) is 0 Å². The van der Waals surface area contributed by atoms with Crippen LogP contribution in [0, 0.1) is 0 Å². The Hall–Kier alpha value is -3.75. The highest BCUT2D eigenvalue weighted by molar-refractivity contribution is 6.30. The third kappa shape index (κ3) is 4.70. The quantitative estimate of drug-likeness (QED) is 0.288. The van der Waals surface area contributed by atoms with Gasteiger partial charge in [0.05, 0.1) is 5.52 Å². The molecule has 1 saturated heterocycles. The van der Waals surface area contributed by atoms with Gasteiger partial charge in [-0.15, -0.1) is 10.2 Å². The summed E-state index contributed by atoms with van der Waals surface area (Å²) < 4.78 is 0. The molecule has 0 aliphatic carbocycles. The Balaban J connectivity index is 1.31. The molecular weight excluding hydrogens is 509 g/mol. The summed E-state index contributed by atoms with van der Waals surface area (Å²) in [5, 5.41) is 23.9. The van der Waals surface area contributed by atoms with Crippen molar-refractivity contribution in [1.82, 2.24) is 35.7 Å². The molecule has 186 valence electrons. The molecular formula is C27H23Cl2N7O. The number of hydrogen-bond donors (Lipinski definition) is 2. The SMILES string of the molecule is O=C(c1nn[nH]n1)N1CCC(c2[nH]nc3ccc(C(c4ccc(Cl)cc4)c4ccc(Cl)cc4)cc23)CC1. The number of carbonyl (C=O) groups excluding carboxylic acids is 1. The minimum atomic E-state index is -0.197. The molecule has 10 heteroatoms. The lowest BCUT2D eigenvalue weighted by atomic mass is 9.84. The number of nitrogens with one attached hydrogen (secondary N) is 2. The van der Waals surface area contributed by atoms with Crippen LogP contribution in [0.2, 0.25) is 10.0 Å². The highest BCUT2D eigenvalue weighted by atomic mass is 35.5. The number of halogens is 2. The van der Waals surface area contributed by atoms with Crippen LogP contribution >= 0.6 is 23.2 Å². The standard InChI is InChI=1S/C27H23Cl2N7O/c28-20-6-1-16(2-7-20)24(17-3-8-21(29)9-4-17)19-5-10-23-22(15-19)25(31-30-23)18-11-13-36(14-12-18)27(37)26-32-34-35-33-26/h1-10,15,18,24H,11-14H2,(H,30,31)(H,32,33,34,35). The zero-order valence-corrected chi connectivity index (χ0v) is 21.2. The van der Waals surface area contributed by atoms with Crippen LogP contribution in [-0.4, -0.2) is 54.7 Å². The van der Waals surface area contributed by atoms with E-state index in [1.807, 2.05) is 24.3 Å². The Kier molecular flexibility index (Phi) is 6.36. The number of likely N-dealkylation sites (tertiary alicyclic amines) is 1. The molecule has 0 saturated carbocycles. The van der Waals surface area contributed by atoms with Gasteiger partial charge in [-0.1, -0.05) is 53.5 Å². The summed E-state index contributed by atoms with van der Waals surface area (Å²) in [6, 6.07) is 22.4. The average molecular weight is 532 g/mol. The first-order chi connectivity index (χ1) is 18.1. The number of benzene rings is 3. The fourth-order valence-electron chi connectivity index (χ4n) is 5.19.